The van der Waals surface area contributed by atoms with Gasteiger partial charge in [0.15, 0.2) is 0 Å². The fraction of sp³-hybridized carbons (Fsp3) is 0.611. The maximum absolute atomic E-state index is 12.5. The molecule has 0 bridgehead atoms. The quantitative estimate of drug-likeness (QED) is 0.930. The number of benzene rings is 1. The van der Waals surface area contributed by atoms with E-state index in [2.05, 4.69) is 23.1 Å². The molecule has 4 nitrogen and oxygen atoms in total. The van der Waals surface area contributed by atoms with Gasteiger partial charge in [0.25, 0.3) is 0 Å². The number of hydrogen-bond donors (Lipinski definition) is 1. The van der Waals surface area contributed by atoms with Crippen molar-refractivity contribution in [2.75, 3.05) is 25.0 Å². The molecule has 0 radical (unpaired) electrons. The van der Waals surface area contributed by atoms with Gasteiger partial charge in [-0.1, -0.05) is 39.0 Å². The molecule has 1 aliphatic rings. The summed E-state index contributed by atoms with van der Waals surface area (Å²) in [6.45, 7) is 8.83. The Morgan fingerprint density at radius 1 is 1.27 bits per heavy atom. The van der Waals surface area contributed by atoms with Crippen LogP contribution >= 0.6 is 0 Å². The molecule has 0 aliphatic carbocycles. The van der Waals surface area contributed by atoms with E-state index in [-0.39, 0.29) is 11.3 Å². The molecule has 4 heteroatoms. The highest BCUT2D eigenvalue weighted by molar-refractivity contribution is 5.82. The van der Waals surface area contributed by atoms with Gasteiger partial charge in [0, 0.05) is 32.4 Å². The van der Waals surface area contributed by atoms with E-state index < -0.39 is 6.04 Å². The number of nitrogens with two attached hydrogens (primary N) is 1. The molecule has 0 saturated carbocycles. The van der Waals surface area contributed by atoms with Gasteiger partial charge in [0.1, 0.15) is 0 Å². The Labute approximate surface area is 134 Å². The van der Waals surface area contributed by atoms with Crippen LogP contribution in [0.4, 0.5) is 5.69 Å². The maximum atomic E-state index is 12.5. The molecule has 1 amide bonds. The summed E-state index contributed by atoms with van der Waals surface area (Å²) in [6, 6.07) is 7.90. The van der Waals surface area contributed by atoms with Gasteiger partial charge in [-0.3, -0.25) is 4.79 Å². The van der Waals surface area contributed by atoms with Gasteiger partial charge >= 0.3 is 0 Å². The van der Waals surface area contributed by atoms with Crippen molar-refractivity contribution in [1.29, 1.82) is 0 Å². The van der Waals surface area contributed by atoms with E-state index in [4.69, 9.17) is 5.73 Å². The van der Waals surface area contributed by atoms with E-state index in [0.717, 1.165) is 13.1 Å². The number of carbonyl (C=O) groups excluding carboxylic acids is 1. The molecule has 122 valence electrons. The molecule has 1 fully saturated rings. The molecule has 22 heavy (non-hydrogen) atoms. The van der Waals surface area contributed by atoms with Crippen LogP contribution in [0.15, 0.2) is 24.3 Å². The number of para-hydroxylation sites is 1. The van der Waals surface area contributed by atoms with Crippen LogP contribution in [0.5, 0.6) is 0 Å². The lowest BCUT2D eigenvalue weighted by Crippen LogP contribution is -2.49. The zero-order chi connectivity index (χ0) is 16.3. The number of anilines is 1. The first-order valence-corrected chi connectivity index (χ1v) is 8.14. The summed E-state index contributed by atoms with van der Waals surface area (Å²) < 4.78 is 0. The second-order valence-electron chi connectivity index (χ2n) is 7.36. The van der Waals surface area contributed by atoms with E-state index in [0.29, 0.717) is 6.54 Å². The van der Waals surface area contributed by atoms with E-state index in [1.54, 1.807) is 4.90 Å². The SMILES string of the molecule is CN(Cc1ccccc1N1CCCC1)C(=O)[C@@H](N)C(C)(C)C. The van der Waals surface area contributed by atoms with Crippen LogP contribution in [0.25, 0.3) is 0 Å². The standard InChI is InChI=1S/C18H29N3O/c1-18(2,3)16(19)17(22)20(4)13-14-9-5-6-10-15(14)21-11-7-8-12-21/h5-6,9-10,16H,7-8,11-13,19H2,1-4H3/t16-/m1/s1. The third kappa shape index (κ3) is 3.80. The highest BCUT2D eigenvalue weighted by Crippen LogP contribution is 2.26. The molecule has 2 rings (SSSR count). The Balaban J connectivity index is 2.11. The van der Waals surface area contributed by atoms with Gasteiger partial charge in [-0.05, 0) is 29.9 Å². The molecule has 1 heterocycles. The van der Waals surface area contributed by atoms with Crippen LogP contribution in [0.2, 0.25) is 0 Å². The molecule has 0 aromatic heterocycles. The number of carbonyl (C=O) groups is 1. The lowest BCUT2D eigenvalue weighted by Gasteiger charge is -2.31. The summed E-state index contributed by atoms with van der Waals surface area (Å²) in [5.74, 6) is 0.00345. The van der Waals surface area contributed by atoms with Crippen LogP contribution in [0.1, 0.15) is 39.2 Å². The third-order valence-electron chi connectivity index (χ3n) is 4.42. The Hall–Kier alpha value is -1.55. The largest absolute Gasteiger partial charge is 0.371 e. The predicted octanol–water partition coefficient (Wildman–Crippen LogP) is 2.62. The van der Waals surface area contributed by atoms with Crippen molar-refractivity contribution in [3.8, 4) is 0 Å². The maximum Gasteiger partial charge on any atom is 0.240 e. The van der Waals surface area contributed by atoms with Gasteiger partial charge in [0.2, 0.25) is 5.91 Å². The lowest BCUT2D eigenvalue weighted by atomic mass is 9.86. The van der Waals surface area contributed by atoms with E-state index in [1.807, 2.05) is 33.9 Å². The van der Waals surface area contributed by atoms with Crippen molar-refractivity contribution in [2.24, 2.45) is 11.1 Å². The Kier molecular flexibility index (Phi) is 5.12. The summed E-state index contributed by atoms with van der Waals surface area (Å²) in [6.07, 6.45) is 2.50. The van der Waals surface area contributed by atoms with Crippen LogP contribution in [0.3, 0.4) is 0 Å². The van der Waals surface area contributed by atoms with Crippen LogP contribution in [-0.2, 0) is 11.3 Å². The second-order valence-corrected chi connectivity index (χ2v) is 7.36. The van der Waals surface area contributed by atoms with Gasteiger partial charge in [-0.25, -0.2) is 0 Å². The first-order chi connectivity index (χ1) is 10.3. The Bertz CT molecular complexity index is 515. The average molecular weight is 303 g/mol. The van der Waals surface area contributed by atoms with Crippen molar-refractivity contribution in [3.05, 3.63) is 29.8 Å². The van der Waals surface area contributed by atoms with E-state index >= 15 is 0 Å². The van der Waals surface area contributed by atoms with E-state index in [9.17, 15) is 4.79 Å². The first-order valence-electron chi connectivity index (χ1n) is 8.14. The molecule has 0 unspecified atom stereocenters. The van der Waals surface area contributed by atoms with Crippen molar-refractivity contribution < 1.29 is 4.79 Å². The van der Waals surface area contributed by atoms with Gasteiger partial charge in [0.05, 0.1) is 6.04 Å². The Morgan fingerprint density at radius 2 is 1.86 bits per heavy atom. The minimum absolute atomic E-state index is 0.00345. The number of nitrogens with zero attached hydrogens (tertiary/aromatic N) is 2. The number of amides is 1. The molecule has 1 aromatic carbocycles. The molecule has 2 N–H and O–H groups in total. The lowest BCUT2D eigenvalue weighted by molar-refractivity contribution is -0.134. The van der Waals surface area contributed by atoms with Crippen molar-refractivity contribution in [3.63, 3.8) is 0 Å². The predicted molar refractivity (Wildman–Crippen MR) is 91.8 cm³/mol. The minimum Gasteiger partial charge on any atom is -0.371 e. The highest BCUT2D eigenvalue weighted by atomic mass is 16.2. The number of rotatable bonds is 4. The monoisotopic (exact) mass is 303 g/mol. The summed E-state index contributed by atoms with van der Waals surface area (Å²) in [7, 11) is 1.84. The summed E-state index contributed by atoms with van der Waals surface area (Å²) in [5.41, 5.74) is 8.33. The molecule has 1 aliphatic heterocycles. The normalized spacial score (nSPS) is 16.7. The smallest absolute Gasteiger partial charge is 0.240 e. The van der Waals surface area contributed by atoms with Crippen LogP contribution in [0, 0.1) is 5.41 Å². The van der Waals surface area contributed by atoms with Gasteiger partial charge < -0.3 is 15.5 Å². The van der Waals surface area contributed by atoms with Crippen molar-refractivity contribution in [1.82, 2.24) is 4.90 Å². The molecule has 1 atom stereocenters. The van der Waals surface area contributed by atoms with Crippen LogP contribution in [-0.4, -0.2) is 37.0 Å². The van der Waals surface area contributed by atoms with E-state index in [1.165, 1.54) is 24.1 Å². The first kappa shape index (κ1) is 16.8. The Morgan fingerprint density at radius 3 is 2.45 bits per heavy atom. The summed E-state index contributed by atoms with van der Waals surface area (Å²) in [5, 5.41) is 0. The minimum atomic E-state index is -0.476. The average Bonchev–Trinajstić information content (AvgIpc) is 2.99. The van der Waals surface area contributed by atoms with Crippen molar-refractivity contribution >= 4 is 11.6 Å². The zero-order valence-electron chi connectivity index (χ0n) is 14.3. The third-order valence-corrected chi connectivity index (χ3v) is 4.42. The topological polar surface area (TPSA) is 49.6 Å². The molecular formula is C18H29N3O. The van der Waals surface area contributed by atoms with Crippen LogP contribution < -0.4 is 10.6 Å². The fourth-order valence-electron chi connectivity index (χ4n) is 2.85. The summed E-state index contributed by atoms with van der Waals surface area (Å²) >= 11 is 0. The molecule has 1 aromatic rings. The highest BCUT2D eigenvalue weighted by Gasteiger charge is 2.30. The van der Waals surface area contributed by atoms with Gasteiger partial charge in [-0.15, -0.1) is 0 Å². The second kappa shape index (κ2) is 6.69. The zero-order valence-corrected chi connectivity index (χ0v) is 14.3. The number of hydrogen-bond acceptors (Lipinski definition) is 3. The van der Waals surface area contributed by atoms with Crippen molar-refractivity contribution in [2.45, 2.75) is 46.2 Å². The molecular weight excluding hydrogens is 274 g/mol. The fourth-order valence-corrected chi connectivity index (χ4v) is 2.85. The number of likely N-dealkylation sites (N-methyl/N-ethyl adjacent to an activating group) is 1. The molecule has 0 spiro atoms. The van der Waals surface area contributed by atoms with Gasteiger partial charge in [-0.2, -0.15) is 0 Å². The summed E-state index contributed by atoms with van der Waals surface area (Å²) in [4.78, 5) is 16.7. The molecule has 1 saturated heterocycles.